The molecule has 1 saturated heterocycles. The average molecular weight is 179 g/mol. The summed E-state index contributed by atoms with van der Waals surface area (Å²) in [4.78, 5) is 12.7. The fourth-order valence-corrected chi connectivity index (χ4v) is 2.04. The molecule has 0 radical (unpaired) electrons. The van der Waals surface area contributed by atoms with E-state index in [9.17, 15) is 4.79 Å². The summed E-state index contributed by atoms with van der Waals surface area (Å²) in [6.07, 6.45) is 7.05. The summed E-state index contributed by atoms with van der Waals surface area (Å²) in [5.41, 5.74) is 2.33. The molecule has 0 aromatic heterocycles. The van der Waals surface area contributed by atoms with Crippen LogP contribution in [0.5, 0.6) is 0 Å². The van der Waals surface area contributed by atoms with E-state index < -0.39 is 5.97 Å². The number of carboxylic acids is 1. The van der Waals surface area contributed by atoms with Gasteiger partial charge in [0.1, 0.15) is 6.04 Å². The van der Waals surface area contributed by atoms with Gasteiger partial charge in [0.05, 0.1) is 0 Å². The Kier molecular flexibility index (Phi) is 1.87. The van der Waals surface area contributed by atoms with Gasteiger partial charge in [0.2, 0.25) is 0 Å². The van der Waals surface area contributed by atoms with Gasteiger partial charge in [-0.2, -0.15) is 0 Å². The van der Waals surface area contributed by atoms with Crippen LogP contribution < -0.4 is 0 Å². The first-order chi connectivity index (χ1) is 6.20. The van der Waals surface area contributed by atoms with Gasteiger partial charge in [-0.05, 0) is 18.4 Å². The molecule has 1 aliphatic heterocycles. The number of likely N-dealkylation sites (N-methyl/N-ethyl adjacent to an activating group) is 1. The Labute approximate surface area is 77.3 Å². The van der Waals surface area contributed by atoms with Crippen molar-refractivity contribution in [1.82, 2.24) is 4.90 Å². The highest BCUT2D eigenvalue weighted by Crippen LogP contribution is 2.34. The number of hydrogen-bond acceptors (Lipinski definition) is 2. The van der Waals surface area contributed by atoms with Gasteiger partial charge in [0.25, 0.3) is 0 Å². The molecule has 1 fully saturated rings. The van der Waals surface area contributed by atoms with Crippen molar-refractivity contribution in [2.45, 2.75) is 25.3 Å². The molecule has 0 saturated carbocycles. The Morgan fingerprint density at radius 3 is 2.85 bits per heavy atom. The van der Waals surface area contributed by atoms with E-state index in [0.717, 1.165) is 18.5 Å². The van der Waals surface area contributed by atoms with Gasteiger partial charge in [-0.15, -0.1) is 0 Å². The topological polar surface area (TPSA) is 40.5 Å². The molecule has 13 heavy (non-hydrogen) atoms. The van der Waals surface area contributed by atoms with Crippen molar-refractivity contribution in [3.8, 4) is 0 Å². The summed E-state index contributed by atoms with van der Waals surface area (Å²) in [6.45, 7) is 0. The van der Waals surface area contributed by atoms with Crippen molar-refractivity contribution in [2.75, 3.05) is 7.05 Å². The van der Waals surface area contributed by atoms with Crippen molar-refractivity contribution >= 4 is 5.97 Å². The first-order valence-electron chi connectivity index (χ1n) is 4.55. The van der Waals surface area contributed by atoms with Crippen LogP contribution in [0.3, 0.4) is 0 Å². The maximum Gasteiger partial charge on any atom is 0.326 e. The summed E-state index contributed by atoms with van der Waals surface area (Å²) in [7, 11) is 1.86. The van der Waals surface area contributed by atoms with E-state index in [4.69, 9.17) is 5.11 Å². The minimum atomic E-state index is -0.723. The molecule has 0 aromatic carbocycles. The molecule has 0 bridgehead atoms. The maximum atomic E-state index is 10.9. The van der Waals surface area contributed by atoms with Crippen LogP contribution >= 0.6 is 0 Å². The Balaban J connectivity index is 2.29. The zero-order valence-corrected chi connectivity index (χ0v) is 7.66. The average Bonchev–Trinajstić information content (AvgIpc) is 2.45. The molecule has 70 valence electrons. The lowest BCUT2D eigenvalue weighted by Crippen LogP contribution is -2.31. The lowest BCUT2D eigenvalue weighted by molar-refractivity contribution is -0.141. The highest BCUT2D eigenvalue weighted by Gasteiger charge is 2.34. The first-order valence-corrected chi connectivity index (χ1v) is 4.55. The maximum absolute atomic E-state index is 10.9. The zero-order chi connectivity index (χ0) is 9.42. The SMILES string of the molecule is CN1C2=CCCC=C2CC1C(=O)O. The quantitative estimate of drug-likeness (QED) is 0.661. The molecule has 1 N–H and O–H groups in total. The van der Waals surface area contributed by atoms with Crippen molar-refractivity contribution in [2.24, 2.45) is 0 Å². The monoisotopic (exact) mass is 179 g/mol. The standard InChI is InChI=1S/C10H13NO2/c1-11-8-5-3-2-4-7(8)6-9(11)10(12)13/h4-5,9H,2-3,6H2,1H3,(H,12,13). The summed E-state index contributed by atoms with van der Waals surface area (Å²) >= 11 is 0. The summed E-state index contributed by atoms with van der Waals surface area (Å²) < 4.78 is 0. The Hall–Kier alpha value is -1.25. The second kappa shape index (κ2) is 2.91. The van der Waals surface area contributed by atoms with Gasteiger partial charge in [-0.1, -0.05) is 12.2 Å². The Bertz CT molecular complexity index is 304. The molecule has 2 rings (SSSR count). The number of allylic oxidation sites excluding steroid dienone is 3. The van der Waals surface area contributed by atoms with E-state index in [0.29, 0.717) is 6.42 Å². The second-order valence-electron chi connectivity index (χ2n) is 3.57. The van der Waals surface area contributed by atoms with Crippen LogP contribution in [-0.2, 0) is 4.79 Å². The van der Waals surface area contributed by atoms with E-state index in [-0.39, 0.29) is 6.04 Å². The molecule has 1 aliphatic carbocycles. The van der Waals surface area contributed by atoms with Gasteiger partial charge in [0.15, 0.2) is 0 Å². The number of carbonyl (C=O) groups is 1. The van der Waals surface area contributed by atoms with Gasteiger partial charge in [-0.3, -0.25) is 0 Å². The fourth-order valence-electron chi connectivity index (χ4n) is 2.04. The van der Waals surface area contributed by atoms with Gasteiger partial charge >= 0.3 is 5.97 Å². The summed E-state index contributed by atoms with van der Waals surface area (Å²) in [6, 6.07) is -0.351. The lowest BCUT2D eigenvalue weighted by Gasteiger charge is -2.19. The summed E-state index contributed by atoms with van der Waals surface area (Å²) in [5, 5.41) is 8.93. The Morgan fingerprint density at radius 1 is 1.54 bits per heavy atom. The second-order valence-corrected chi connectivity index (χ2v) is 3.57. The van der Waals surface area contributed by atoms with Crippen molar-refractivity contribution in [3.05, 3.63) is 23.4 Å². The smallest absolute Gasteiger partial charge is 0.326 e. The van der Waals surface area contributed by atoms with Gasteiger partial charge < -0.3 is 10.0 Å². The van der Waals surface area contributed by atoms with Crippen molar-refractivity contribution in [1.29, 1.82) is 0 Å². The number of carboxylic acid groups (broad SMARTS) is 1. The largest absolute Gasteiger partial charge is 0.480 e. The van der Waals surface area contributed by atoms with E-state index in [2.05, 4.69) is 12.2 Å². The van der Waals surface area contributed by atoms with Crippen LogP contribution in [-0.4, -0.2) is 29.1 Å². The molecule has 0 aromatic rings. The molecule has 0 amide bonds. The number of likely N-dealkylation sites (tertiary alicyclic amines) is 1. The van der Waals surface area contributed by atoms with Crippen molar-refractivity contribution < 1.29 is 9.90 Å². The Morgan fingerprint density at radius 2 is 2.23 bits per heavy atom. The van der Waals surface area contributed by atoms with E-state index >= 15 is 0 Å². The molecule has 1 atom stereocenters. The minimum Gasteiger partial charge on any atom is -0.480 e. The van der Waals surface area contributed by atoms with Crippen LogP contribution in [0.4, 0.5) is 0 Å². The third-order valence-electron chi connectivity index (χ3n) is 2.77. The van der Waals surface area contributed by atoms with Gasteiger partial charge in [-0.25, -0.2) is 4.79 Å². The fraction of sp³-hybridized carbons (Fsp3) is 0.500. The molecule has 1 unspecified atom stereocenters. The predicted molar refractivity (Wildman–Crippen MR) is 49.2 cm³/mol. The minimum absolute atomic E-state index is 0.351. The van der Waals surface area contributed by atoms with E-state index in [1.165, 1.54) is 5.57 Å². The molecule has 1 heterocycles. The number of rotatable bonds is 1. The number of fused-ring (bicyclic) bond motifs is 1. The highest BCUT2D eigenvalue weighted by molar-refractivity contribution is 5.76. The third kappa shape index (κ3) is 1.24. The molecule has 0 spiro atoms. The van der Waals surface area contributed by atoms with Crippen molar-refractivity contribution in [3.63, 3.8) is 0 Å². The van der Waals surface area contributed by atoms with Crippen LogP contribution in [0.15, 0.2) is 23.4 Å². The summed E-state index contributed by atoms with van der Waals surface area (Å²) in [5.74, 6) is -0.723. The number of hydrogen-bond donors (Lipinski definition) is 1. The van der Waals surface area contributed by atoms with Crippen LogP contribution in [0, 0.1) is 0 Å². The number of aliphatic carboxylic acids is 1. The van der Waals surface area contributed by atoms with Crippen LogP contribution in [0.25, 0.3) is 0 Å². The predicted octanol–water partition coefficient (Wildman–Crippen LogP) is 1.38. The lowest BCUT2D eigenvalue weighted by atomic mass is 10.0. The molecule has 3 heteroatoms. The molecule has 3 nitrogen and oxygen atoms in total. The van der Waals surface area contributed by atoms with E-state index in [1.807, 2.05) is 11.9 Å². The zero-order valence-electron chi connectivity index (χ0n) is 7.66. The third-order valence-corrected chi connectivity index (χ3v) is 2.77. The molecular weight excluding hydrogens is 166 g/mol. The van der Waals surface area contributed by atoms with E-state index in [1.54, 1.807) is 0 Å². The number of nitrogens with zero attached hydrogens (tertiary/aromatic N) is 1. The first kappa shape index (κ1) is 8.35. The van der Waals surface area contributed by atoms with Crippen LogP contribution in [0.2, 0.25) is 0 Å². The van der Waals surface area contributed by atoms with Crippen LogP contribution in [0.1, 0.15) is 19.3 Å². The highest BCUT2D eigenvalue weighted by atomic mass is 16.4. The van der Waals surface area contributed by atoms with Gasteiger partial charge in [0, 0.05) is 19.2 Å². The molecule has 2 aliphatic rings. The normalized spacial score (nSPS) is 26.5. The molecular formula is C10H13NO2.